The first-order valence-electron chi connectivity index (χ1n) is 7.80. The summed E-state index contributed by atoms with van der Waals surface area (Å²) in [7, 11) is 1.55. The van der Waals surface area contributed by atoms with Crippen molar-refractivity contribution >= 4 is 5.82 Å². The average molecular weight is 312 g/mol. The number of rotatable bonds is 6. The van der Waals surface area contributed by atoms with Gasteiger partial charge in [0.25, 0.3) is 0 Å². The van der Waals surface area contributed by atoms with Crippen LogP contribution in [0.1, 0.15) is 19.4 Å². The number of ether oxygens (including phenoxy) is 3. The Morgan fingerprint density at radius 1 is 1.27 bits per heavy atom. The number of nitrogens with zero attached hydrogens (tertiary/aromatic N) is 2. The Hall–Kier alpha value is -1.37. The second-order valence-electron chi connectivity index (χ2n) is 4.86. The Kier molecular flexibility index (Phi) is 8.81. The largest absolute Gasteiger partial charge is 0.475 e. The Labute approximate surface area is 133 Å². The maximum Gasteiger partial charge on any atom is 0.215 e. The molecule has 1 aromatic heterocycles. The monoisotopic (exact) mass is 312 g/mol. The molecular weight excluding hydrogens is 284 g/mol. The van der Waals surface area contributed by atoms with E-state index in [1.807, 2.05) is 32.9 Å². The molecule has 1 saturated heterocycles. The summed E-state index contributed by atoms with van der Waals surface area (Å²) >= 11 is 0. The summed E-state index contributed by atoms with van der Waals surface area (Å²) in [6.07, 6.45) is -0.644. The van der Waals surface area contributed by atoms with Crippen LogP contribution in [0, 0.1) is 6.92 Å². The van der Waals surface area contributed by atoms with Gasteiger partial charge in [-0.15, -0.1) is 0 Å². The fourth-order valence-electron chi connectivity index (χ4n) is 2.07. The molecule has 0 radical (unpaired) electrons. The highest BCUT2D eigenvalue weighted by Gasteiger charge is 2.14. The van der Waals surface area contributed by atoms with E-state index >= 15 is 0 Å². The van der Waals surface area contributed by atoms with Crippen LogP contribution in [0.25, 0.3) is 0 Å². The van der Waals surface area contributed by atoms with Crippen molar-refractivity contribution in [1.82, 2.24) is 4.98 Å². The lowest BCUT2D eigenvalue weighted by Crippen LogP contribution is -2.36. The highest BCUT2D eigenvalue weighted by Crippen LogP contribution is 2.20. The zero-order valence-corrected chi connectivity index (χ0v) is 14.0. The molecule has 1 aliphatic heterocycles. The van der Waals surface area contributed by atoms with E-state index in [9.17, 15) is 5.11 Å². The number of hydrogen-bond donors (Lipinski definition) is 1. The Balaban J connectivity index is 0.00000116. The lowest BCUT2D eigenvalue weighted by Gasteiger charge is -2.28. The molecule has 6 heteroatoms. The van der Waals surface area contributed by atoms with Gasteiger partial charge in [-0.05, 0) is 18.6 Å². The Morgan fingerprint density at radius 3 is 2.59 bits per heavy atom. The minimum Gasteiger partial charge on any atom is -0.475 e. The molecule has 0 aromatic carbocycles. The van der Waals surface area contributed by atoms with Crippen molar-refractivity contribution in [3.05, 3.63) is 17.7 Å². The van der Waals surface area contributed by atoms with Gasteiger partial charge in [0.1, 0.15) is 18.5 Å². The van der Waals surface area contributed by atoms with Crippen LogP contribution in [-0.2, 0) is 9.47 Å². The number of aromatic nitrogens is 1. The zero-order valence-electron chi connectivity index (χ0n) is 14.0. The van der Waals surface area contributed by atoms with Crippen molar-refractivity contribution in [1.29, 1.82) is 0 Å². The third kappa shape index (κ3) is 6.17. The summed E-state index contributed by atoms with van der Waals surface area (Å²) in [6.45, 7) is 9.54. The molecule has 1 unspecified atom stereocenters. The van der Waals surface area contributed by atoms with Crippen LogP contribution in [-0.4, -0.2) is 62.8 Å². The number of pyridine rings is 1. The van der Waals surface area contributed by atoms with E-state index in [0.29, 0.717) is 5.88 Å². The molecule has 22 heavy (non-hydrogen) atoms. The summed E-state index contributed by atoms with van der Waals surface area (Å²) in [5.41, 5.74) is 1.08. The first-order valence-corrected chi connectivity index (χ1v) is 7.80. The predicted octanol–water partition coefficient (Wildman–Crippen LogP) is 1.64. The van der Waals surface area contributed by atoms with Gasteiger partial charge < -0.3 is 24.2 Å². The summed E-state index contributed by atoms with van der Waals surface area (Å²) in [5, 5.41) is 9.59. The SMILES string of the molecule is CC.COCC(O)COc1cc(C)cc(N2CCOCC2)n1. The summed E-state index contributed by atoms with van der Waals surface area (Å²) in [6, 6.07) is 3.90. The van der Waals surface area contributed by atoms with Crippen molar-refractivity contribution in [2.24, 2.45) is 0 Å². The Morgan fingerprint density at radius 2 is 1.95 bits per heavy atom. The molecule has 2 heterocycles. The molecule has 0 amide bonds. The molecule has 1 fully saturated rings. The van der Waals surface area contributed by atoms with Crippen molar-refractivity contribution in [3.63, 3.8) is 0 Å². The number of morpholine rings is 1. The first-order chi connectivity index (χ1) is 10.7. The standard InChI is InChI=1S/C14H22N2O4.C2H6/c1-11-7-13(16-3-5-19-6-4-16)15-14(8-11)20-10-12(17)9-18-2;1-2/h7-8,12,17H,3-6,9-10H2,1-2H3;1-2H3. The van der Waals surface area contributed by atoms with Crippen molar-refractivity contribution in [3.8, 4) is 5.88 Å². The first kappa shape index (κ1) is 18.7. The number of anilines is 1. The molecular formula is C16H28N2O4. The second-order valence-corrected chi connectivity index (χ2v) is 4.86. The van der Waals surface area contributed by atoms with Gasteiger partial charge in [0.2, 0.25) is 5.88 Å². The second kappa shape index (κ2) is 10.4. The molecule has 0 aliphatic carbocycles. The molecule has 1 aliphatic rings. The Bertz CT molecular complexity index is 423. The summed E-state index contributed by atoms with van der Waals surface area (Å²) < 4.78 is 15.7. The number of methoxy groups -OCH3 is 1. The zero-order chi connectivity index (χ0) is 16.4. The lowest BCUT2D eigenvalue weighted by atomic mass is 10.2. The predicted molar refractivity (Wildman–Crippen MR) is 86.7 cm³/mol. The van der Waals surface area contributed by atoms with Crippen LogP contribution in [0.5, 0.6) is 5.88 Å². The van der Waals surface area contributed by atoms with Gasteiger partial charge >= 0.3 is 0 Å². The van der Waals surface area contributed by atoms with Gasteiger partial charge in [0, 0.05) is 26.3 Å². The van der Waals surface area contributed by atoms with Gasteiger partial charge in [-0.2, -0.15) is 4.98 Å². The van der Waals surface area contributed by atoms with Gasteiger partial charge in [-0.1, -0.05) is 13.8 Å². The maximum absolute atomic E-state index is 9.59. The molecule has 1 N–H and O–H groups in total. The van der Waals surface area contributed by atoms with Crippen molar-refractivity contribution in [2.45, 2.75) is 26.9 Å². The van der Waals surface area contributed by atoms with E-state index < -0.39 is 6.10 Å². The van der Waals surface area contributed by atoms with Gasteiger partial charge in [-0.3, -0.25) is 0 Å². The lowest BCUT2D eigenvalue weighted by molar-refractivity contribution is 0.0314. The van der Waals surface area contributed by atoms with E-state index in [2.05, 4.69) is 9.88 Å². The smallest absolute Gasteiger partial charge is 0.215 e. The average Bonchev–Trinajstić information content (AvgIpc) is 2.55. The van der Waals surface area contributed by atoms with E-state index in [1.165, 1.54) is 0 Å². The van der Waals surface area contributed by atoms with Crippen LogP contribution in [0.4, 0.5) is 5.82 Å². The van der Waals surface area contributed by atoms with Gasteiger partial charge in [-0.25, -0.2) is 0 Å². The molecule has 2 rings (SSSR count). The fourth-order valence-corrected chi connectivity index (χ4v) is 2.07. The normalized spacial score (nSPS) is 15.8. The molecule has 6 nitrogen and oxygen atoms in total. The topological polar surface area (TPSA) is 64.0 Å². The minimum absolute atomic E-state index is 0.173. The van der Waals surface area contributed by atoms with E-state index in [1.54, 1.807) is 7.11 Å². The number of hydrogen-bond acceptors (Lipinski definition) is 6. The fraction of sp³-hybridized carbons (Fsp3) is 0.688. The van der Waals surface area contributed by atoms with Crippen LogP contribution < -0.4 is 9.64 Å². The molecule has 0 bridgehead atoms. The minimum atomic E-state index is -0.644. The number of aliphatic hydroxyl groups is 1. The van der Waals surface area contributed by atoms with Gasteiger partial charge in [0.15, 0.2) is 0 Å². The number of aryl methyl sites for hydroxylation is 1. The highest BCUT2D eigenvalue weighted by atomic mass is 16.5. The molecule has 1 atom stereocenters. The van der Waals surface area contributed by atoms with E-state index in [-0.39, 0.29) is 13.2 Å². The van der Waals surface area contributed by atoms with Crippen LogP contribution in [0.2, 0.25) is 0 Å². The number of aliphatic hydroxyl groups excluding tert-OH is 1. The van der Waals surface area contributed by atoms with Crippen LogP contribution in [0.15, 0.2) is 12.1 Å². The quantitative estimate of drug-likeness (QED) is 0.861. The highest BCUT2D eigenvalue weighted by molar-refractivity contribution is 5.44. The van der Waals surface area contributed by atoms with E-state index in [0.717, 1.165) is 37.7 Å². The summed E-state index contributed by atoms with van der Waals surface area (Å²) in [4.78, 5) is 6.66. The third-order valence-electron chi connectivity index (χ3n) is 3.05. The van der Waals surface area contributed by atoms with Crippen LogP contribution in [0.3, 0.4) is 0 Å². The molecule has 0 spiro atoms. The molecule has 1 aromatic rings. The van der Waals surface area contributed by atoms with Crippen molar-refractivity contribution < 1.29 is 19.3 Å². The maximum atomic E-state index is 9.59. The van der Waals surface area contributed by atoms with E-state index in [4.69, 9.17) is 14.2 Å². The van der Waals surface area contributed by atoms with Crippen LogP contribution >= 0.6 is 0 Å². The van der Waals surface area contributed by atoms with Gasteiger partial charge in [0.05, 0.1) is 19.8 Å². The van der Waals surface area contributed by atoms with Crippen molar-refractivity contribution in [2.75, 3.05) is 51.5 Å². The third-order valence-corrected chi connectivity index (χ3v) is 3.05. The molecule has 126 valence electrons. The summed E-state index contributed by atoms with van der Waals surface area (Å²) in [5.74, 6) is 1.42. The molecule has 0 saturated carbocycles.